The minimum Gasteiger partial charge on any atom is -0.399 e. The Morgan fingerprint density at radius 1 is 1.28 bits per heavy atom. The van der Waals surface area contributed by atoms with E-state index in [0.29, 0.717) is 0 Å². The number of hydrogen-bond donors (Lipinski definition) is 1. The number of anilines is 1. The molecule has 1 unspecified atom stereocenters. The van der Waals surface area contributed by atoms with Crippen LogP contribution < -0.4 is 5.73 Å². The van der Waals surface area contributed by atoms with Gasteiger partial charge >= 0.3 is 0 Å². The molecular formula is C16H22N2. The molecule has 96 valence electrons. The van der Waals surface area contributed by atoms with E-state index in [1.165, 1.54) is 44.3 Å². The SMILES string of the molecule is Nc1cccc(/C=C/CC2CC3CCN2CC3)c1. The predicted molar refractivity (Wildman–Crippen MR) is 77.2 cm³/mol. The maximum atomic E-state index is 5.78. The van der Waals surface area contributed by atoms with Crippen molar-refractivity contribution in [3.8, 4) is 0 Å². The molecule has 0 saturated carbocycles. The maximum Gasteiger partial charge on any atom is 0.0319 e. The first kappa shape index (κ1) is 11.8. The molecule has 0 amide bonds. The number of nitrogens with zero attached hydrogens (tertiary/aromatic N) is 1. The van der Waals surface area contributed by atoms with Crippen molar-refractivity contribution in [3.05, 3.63) is 35.9 Å². The second kappa shape index (κ2) is 5.15. The highest BCUT2D eigenvalue weighted by Crippen LogP contribution is 2.33. The van der Waals surface area contributed by atoms with E-state index in [9.17, 15) is 0 Å². The fourth-order valence-electron chi connectivity index (χ4n) is 3.36. The molecule has 2 heteroatoms. The van der Waals surface area contributed by atoms with Gasteiger partial charge < -0.3 is 10.6 Å². The molecular weight excluding hydrogens is 220 g/mol. The van der Waals surface area contributed by atoms with Crippen LogP contribution in [0.25, 0.3) is 6.08 Å². The molecule has 0 spiro atoms. The van der Waals surface area contributed by atoms with Crippen LogP contribution in [0.5, 0.6) is 0 Å². The number of nitrogens with two attached hydrogens (primary N) is 1. The highest BCUT2D eigenvalue weighted by atomic mass is 15.2. The van der Waals surface area contributed by atoms with Crippen LogP contribution in [-0.4, -0.2) is 24.0 Å². The van der Waals surface area contributed by atoms with Gasteiger partial charge in [0.15, 0.2) is 0 Å². The van der Waals surface area contributed by atoms with Crippen LogP contribution in [0.2, 0.25) is 0 Å². The van der Waals surface area contributed by atoms with Crippen molar-refractivity contribution in [3.63, 3.8) is 0 Å². The zero-order valence-electron chi connectivity index (χ0n) is 10.9. The van der Waals surface area contributed by atoms with Crippen LogP contribution in [0.3, 0.4) is 0 Å². The summed E-state index contributed by atoms with van der Waals surface area (Å²) in [6, 6.07) is 8.88. The highest BCUT2D eigenvalue weighted by molar-refractivity contribution is 5.55. The van der Waals surface area contributed by atoms with Crippen molar-refractivity contribution < 1.29 is 0 Å². The summed E-state index contributed by atoms with van der Waals surface area (Å²) in [7, 11) is 0. The van der Waals surface area contributed by atoms with Crippen LogP contribution in [0, 0.1) is 5.92 Å². The first-order valence-electron chi connectivity index (χ1n) is 7.07. The standard InChI is InChI=1S/C16H22N2/c17-15-5-1-3-13(11-15)4-2-6-16-12-14-7-9-18(16)10-8-14/h1-5,11,14,16H,6-10,12,17H2/b4-2+. The van der Waals surface area contributed by atoms with Gasteiger partial charge in [-0.05, 0) is 62.4 Å². The van der Waals surface area contributed by atoms with E-state index < -0.39 is 0 Å². The molecule has 18 heavy (non-hydrogen) atoms. The summed E-state index contributed by atoms with van der Waals surface area (Å²) >= 11 is 0. The third kappa shape index (κ3) is 2.59. The predicted octanol–water partition coefficient (Wildman–Crippen LogP) is 3.16. The van der Waals surface area contributed by atoms with E-state index >= 15 is 0 Å². The summed E-state index contributed by atoms with van der Waals surface area (Å²) in [5.74, 6) is 1.00. The Kier molecular flexibility index (Phi) is 3.37. The van der Waals surface area contributed by atoms with Gasteiger partial charge in [-0.25, -0.2) is 0 Å². The minimum absolute atomic E-state index is 0.787. The van der Waals surface area contributed by atoms with Gasteiger partial charge in [0.2, 0.25) is 0 Å². The molecule has 1 atom stereocenters. The van der Waals surface area contributed by atoms with E-state index in [1.807, 2.05) is 18.2 Å². The first-order valence-corrected chi connectivity index (χ1v) is 7.07. The quantitative estimate of drug-likeness (QED) is 0.825. The zero-order chi connectivity index (χ0) is 12.4. The summed E-state index contributed by atoms with van der Waals surface area (Å²) in [5.41, 5.74) is 7.84. The molecule has 0 radical (unpaired) electrons. The van der Waals surface area contributed by atoms with E-state index in [2.05, 4.69) is 23.1 Å². The van der Waals surface area contributed by atoms with Crippen LogP contribution in [0.4, 0.5) is 5.69 Å². The number of piperidine rings is 3. The lowest BCUT2D eigenvalue weighted by Gasteiger charge is -2.45. The Hall–Kier alpha value is -1.28. The number of rotatable bonds is 3. The Labute approximate surface area is 109 Å². The van der Waals surface area contributed by atoms with Crippen molar-refractivity contribution in [2.24, 2.45) is 5.92 Å². The normalized spacial score (nSPS) is 31.0. The van der Waals surface area contributed by atoms with Crippen molar-refractivity contribution in [2.75, 3.05) is 18.8 Å². The van der Waals surface area contributed by atoms with Gasteiger partial charge in [-0.3, -0.25) is 0 Å². The zero-order valence-corrected chi connectivity index (χ0v) is 10.9. The fraction of sp³-hybridized carbons (Fsp3) is 0.500. The van der Waals surface area contributed by atoms with Gasteiger partial charge in [-0.1, -0.05) is 24.3 Å². The molecule has 3 aliphatic heterocycles. The largest absolute Gasteiger partial charge is 0.399 e. The Morgan fingerprint density at radius 2 is 2.11 bits per heavy atom. The number of nitrogen functional groups attached to an aromatic ring is 1. The number of fused-ring (bicyclic) bond motifs is 3. The lowest BCUT2D eigenvalue weighted by Crippen LogP contribution is -2.48. The highest BCUT2D eigenvalue weighted by Gasteiger charge is 2.32. The first-order chi connectivity index (χ1) is 8.81. The molecule has 3 saturated heterocycles. The molecule has 3 heterocycles. The molecule has 0 aliphatic carbocycles. The lowest BCUT2D eigenvalue weighted by molar-refractivity contribution is 0.0513. The van der Waals surface area contributed by atoms with Gasteiger partial charge in [-0.15, -0.1) is 0 Å². The van der Waals surface area contributed by atoms with Crippen LogP contribution in [-0.2, 0) is 0 Å². The molecule has 1 aromatic carbocycles. The molecule has 3 fully saturated rings. The van der Waals surface area contributed by atoms with Gasteiger partial charge in [0.25, 0.3) is 0 Å². The van der Waals surface area contributed by atoms with Gasteiger partial charge in [0.1, 0.15) is 0 Å². The van der Waals surface area contributed by atoms with Gasteiger partial charge in [-0.2, -0.15) is 0 Å². The van der Waals surface area contributed by atoms with Crippen molar-refractivity contribution in [1.29, 1.82) is 0 Å². The average Bonchev–Trinajstić information content (AvgIpc) is 2.40. The third-order valence-corrected chi connectivity index (χ3v) is 4.40. The number of benzene rings is 1. The summed E-state index contributed by atoms with van der Waals surface area (Å²) in [6.45, 7) is 2.64. The molecule has 4 rings (SSSR count). The Bertz CT molecular complexity index is 430. The van der Waals surface area contributed by atoms with Crippen LogP contribution in [0.1, 0.15) is 31.2 Å². The van der Waals surface area contributed by atoms with E-state index in [-0.39, 0.29) is 0 Å². The Morgan fingerprint density at radius 3 is 2.78 bits per heavy atom. The molecule has 2 nitrogen and oxygen atoms in total. The van der Waals surface area contributed by atoms with E-state index in [4.69, 9.17) is 5.73 Å². The summed E-state index contributed by atoms with van der Waals surface area (Å²) in [5, 5.41) is 0. The number of hydrogen-bond acceptors (Lipinski definition) is 2. The summed E-state index contributed by atoms with van der Waals surface area (Å²) in [4.78, 5) is 2.67. The second-order valence-corrected chi connectivity index (χ2v) is 5.68. The lowest BCUT2D eigenvalue weighted by atomic mass is 9.82. The molecule has 2 N–H and O–H groups in total. The minimum atomic E-state index is 0.787. The van der Waals surface area contributed by atoms with Crippen LogP contribution in [0.15, 0.2) is 30.3 Å². The van der Waals surface area contributed by atoms with Gasteiger partial charge in [0.05, 0.1) is 0 Å². The average molecular weight is 242 g/mol. The fourth-order valence-corrected chi connectivity index (χ4v) is 3.36. The monoisotopic (exact) mass is 242 g/mol. The smallest absolute Gasteiger partial charge is 0.0319 e. The molecule has 0 aromatic heterocycles. The van der Waals surface area contributed by atoms with Crippen molar-refractivity contribution in [1.82, 2.24) is 4.90 Å². The summed E-state index contributed by atoms with van der Waals surface area (Å²) in [6.07, 6.45) is 9.97. The second-order valence-electron chi connectivity index (χ2n) is 5.68. The Balaban J connectivity index is 1.58. The third-order valence-electron chi connectivity index (χ3n) is 4.40. The summed E-state index contributed by atoms with van der Waals surface area (Å²) < 4.78 is 0. The van der Waals surface area contributed by atoms with E-state index in [0.717, 1.165) is 17.6 Å². The maximum absolute atomic E-state index is 5.78. The van der Waals surface area contributed by atoms with Crippen molar-refractivity contribution in [2.45, 2.75) is 31.7 Å². The molecule has 1 aromatic rings. The van der Waals surface area contributed by atoms with Gasteiger partial charge in [0, 0.05) is 11.7 Å². The topological polar surface area (TPSA) is 29.3 Å². The van der Waals surface area contributed by atoms with E-state index in [1.54, 1.807) is 0 Å². The van der Waals surface area contributed by atoms with Crippen LogP contribution >= 0.6 is 0 Å². The van der Waals surface area contributed by atoms with Crippen molar-refractivity contribution >= 4 is 11.8 Å². The molecule has 3 aliphatic rings. The molecule has 2 bridgehead atoms.